The number of hydrogen-bond donors (Lipinski definition) is 1. The minimum atomic E-state index is 0. The lowest BCUT2D eigenvalue weighted by molar-refractivity contribution is 0.373. The lowest BCUT2D eigenvalue weighted by Gasteiger charge is -2.04. The molecule has 0 aliphatic carbocycles. The normalized spacial score (nSPS) is 9.42. The molecule has 0 heterocycles. The van der Waals surface area contributed by atoms with Crippen LogP contribution in [0.25, 0.3) is 0 Å². The summed E-state index contributed by atoms with van der Waals surface area (Å²) < 4.78 is 4.95. The van der Waals surface area contributed by atoms with Gasteiger partial charge in [0.25, 0.3) is 0 Å². The predicted molar refractivity (Wildman–Crippen MR) is 50.7 cm³/mol. The number of aromatic hydroxyl groups is 1. The molecule has 1 N–H and O–H groups in total. The summed E-state index contributed by atoms with van der Waals surface area (Å²) in [7, 11) is 1.53. The first-order valence-electron chi connectivity index (χ1n) is 3.74. The van der Waals surface area contributed by atoms with Crippen molar-refractivity contribution in [3.05, 3.63) is 36.4 Å². The van der Waals surface area contributed by atoms with Crippen LogP contribution < -0.4 is 4.74 Å². The maximum absolute atomic E-state index is 9.25. The first-order valence-corrected chi connectivity index (χ1v) is 3.74. The van der Waals surface area contributed by atoms with Crippen molar-refractivity contribution in [2.75, 3.05) is 7.11 Å². The van der Waals surface area contributed by atoms with Crippen molar-refractivity contribution in [1.82, 2.24) is 0 Å². The summed E-state index contributed by atoms with van der Waals surface area (Å²) in [4.78, 5) is 0. The maximum atomic E-state index is 9.25. The average molecular weight is 166 g/mol. The van der Waals surface area contributed by atoms with Crippen LogP contribution in [0.1, 0.15) is 6.99 Å². The Morgan fingerprint density at radius 3 is 3.00 bits per heavy atom. The van der Waals surface area contributed by atoms with Crippen molar-refractivity contribution < 1.29 is 11.3 Å². The molecule has 0 aromatic heterocycles. The van der Waals surface area contributed by atoms with E-state index in [0.717, 1.165) is 12.0 Å². The zero-order valence-electron chi connectivity index (χ0n) is 7.08. The van der Waals surface area contributed by atoms with Gasteiger partial charge in [0.15, 0.2) is 11.5 Å². The van der Waals surface area contributed by atoms with E-state index in [-0.39, 0.29) is 7.18 Å². The highest BCUT2D eigenvalue weighted by Crippen LogP contribution is 2.26. The third-order valence-electron chi connectivity index (χ3n) is 1.62. The minimum Gasteiger partial charge on any atom is -0.504 e. The van der Waals surface area contributed by atoms with E-state index in [1.54, 1.807) is 12.1 Å². The lowest BCUT2D eigenvalue weighted by Crippen LogP contribution is -1.86. The van der Waals surface area contributed by atoms with E-state index in [2.05, 4.69) is 6.58 Å². The fourth-order valence-electron chi connectivity index (χ4n) is 1.02. The SMILES string of the molecule is C=CCc1ccc(O)c(OC)c1.[HH]. The molecule has 0 aliphatic heterocycles. The molecule has 0 bridgehead atoms. The standard InChI is InChI=1S/C10H12O2.H2/c1-3-4-8-5-6-9(11)10(7-8)12-2;/h3,5-7,11H,1,4H2,2H3;1H. The van der Waals surface area contributed by atoms with Crippen molar-refractivity contribution >= 4 is 0 Å². The number of ether oxygens (including phenoxy) is 1. The Balaban J connectivity index is 0.00000144. The van der Waals surface area contributed by atoms with E-state index in [1.807, 2.05) is 12.1 Å². The summed E-state index contributed by atoms with van der Waals surface area (Å²) in [6.45, 7) is 3.63. The second-order valence-corrected chi connectivity index (χ2v) is 2.50. The summed E-state index contributed by atoms with van der Waals surface area (Å²) in [5.74, 6) is 0.680. The third-order valence-corrected chi connectivity index (χ3v) is 1.62. The molecule has 0 atom stereocenters. The fourth-order valence-corrected chi connectivity index (χ4v) is 1.02. The molecule has 0 saturated carbocycles. The minimum absolute atomic E-state index is 0. The zero-order valence-corrected chi connectivity index (χ0v) is 7.08. The molecule has 0 spiro atoms. The first kappa shape index (κ1) is 8.65. The zero-order chi connectivity index (χ0) is 8.97. The summed E-state index contributed by atoms with van der Waals surface area (Å²) in [5.41, 5.74) is 1.08. The quantitative estimate of drug-likeness (QED) is 0.698. The van der Waals surface area contributed by atoms with Crippen LogP contribution in [0.5, 0.6) is 11.5 Å². The Labute approximate surface area is 73.6 Å². The first-order chi connectivity index (χ1) is 5.77. The summed E-state index contributed by atoms with van der Waals surface area (Å²) in [6.07, 6.45) is 2.60. The van der Waals surface area contributed by atoms with Crippen molar-refractivity contribution in [2.24, 2.45) is 0 Å². The van der Waals surface area contributed by atoms with Gasteiger partial charge in [-0.15, -0.1) is 6.58 Å². The molecule has 2 heteroatoms. The second kappa shape index (κ2) is 3.81. The van der Waals surface area contributed by atoms with E-state index in [1.165, 1.54) is 7.11 Å². The lowest BCUT2D eigenvalue weighted by atomic mass is 10.1. The number of hydrogen-bond acceptors (Lipinski definition) is 2. The van der Waals surface area contributed by atoms with Gasteiger partial charge in [-0.2, -0.15) is 0 Å². The van der Waals surface area contributed by atoms with Crippen LogP contribution in [0.3, 0.4) is 0 Å². The number of phenolic OH excluding ortho intramolecular Hbond substituents is 1. The summed E-state index contributed by atoms with van der Waals surface area (Å²) in [5, 5.41) is 9.25. The molecule has 0 radical (unpaired) electrons. The van der Waals surface area contributed by atoms with Gasteiger partial charge < -0.3 is 9.84 Å². The molecule has 12 heavy (non-hydrogen) atoms. The van der Waals surface area contributed by atoms with E-state index < -0.39 is 0 Å². The van der Waals surface area contributed by atoms with Gasteiger partial charge in [-0.1, -0.05) is 12.1 Å². The van der Waals surface area contributed by atoms with Gasteiger partial charge >= 0.3 is 0 Å². The molecule has 0 saturated heterocycles. The van der Waals surface area contributed by atoms with Gasteiger partial charge in [0.05, 0.1) is 7.11 Å². The molecule has 1 rings (SSSR count). The largest absolute Gasteiger partial charge is 0.504 e. The van der Waals surface area contributed by atoms with Crippen molar-refractivity contribution in [1.29, 1.82) is 0 Å². The Bertz CT molecular complexity index is 284. The third kappa shape index (κ3) is 1.78. The van der Waals surface area contributed by atoms with Gasteiger partial charge in [-0.25, -0.2) is 0 Å². The molecule has 0 fully saturated rings. The molecule has 66 valence electrons. The Kier molecular flexibility index (Phi) is 2.75. The molecule has 1 aromatic carbocycles. The smallest absolute Gasteiger partial charge is 0.160 e. The summed E-state index contributed by atoms with van der Waals surface area (Å²) in [6, 6.07) is 5.27. The number of phenols is 1. The predicted octanol–water partition coefficient (Wildman–Crippen LogP) is 2.38. The molecular formula is C10H14O2. The monoisotopic (exact) mass is 166 g/mol. The van der Waals surface area contributed by atoms with Crippen molar-refractivity contribution in [2.45, 2.75) is 6.42 Å². The van der Waals surface area contributed by atoms with Gasteiger partial charge in [0.1, 0.15) is 0 Å². The van der Waals surface area contributed by atoms with Crippen LogP contribution in [0.15, 0.2) is 30.9 Å². The van der Waals surface area contributed by atoms with E-state index in [4.69, 9.17) is 4.74 Å². The second-order valence-electron chi connectivity index (χ2n) is 2.50. The van der Waals surface area contributed by atoms with E-state index >= 15 is 0 Å². The number of benzene rings is 1. The van der Waals surface area contributed by atoms with Crippen LogP contribution >= 0.6 is 0 Å². The van der Waals surface area contributed by atoms with Gasteiger partial charge in [-0.05, 0) is 24.1 Å². The topological polar surface area (TPSA) is 29.5 Å². The van der Waals surface area contributed by atoms with Crippen LogP contribution in [-0.2, 0) is 6.42 Å². The van der Waals surface area contributed by atoms with Crippen molar-refractivity contribution in [3.63, 3.8) is 0 Å². The molecule has 0 aliphatic rings. The highest BCUT2D eigenvalue weighted by atomic mass is 16.5. The van der Waals surface area contributed by atoms with Crippen molar-refractivity contribution in [3.8, 4) is 11.5 Å². The highest BCUT2D eigenvalue weighted by molar-refractivity contribution is 5.42. The fraction of sp³-hybridized carbons (Fsp3) is 0.200. The van der Waals surface area contributed by atoms with E-state index in [0.29, 0.717) is 5.75 Å². The Morgan fingerprint density at radius 2 is 2.42 bits per heavy atom. The van der Waals surface area contributed by atoms with Crippen LogP contribution in [-0.4, -0.2) is 12.2 Å². The van der Waals surface area contributed by atoms with Crippen LogP contribution in [0.4, 0.5) is 0 Å². The molecule has 0 unspecified atom stereocenters. The number of rotatable bonds is 3. The van der Waals surface area contributed by atoms with Crippen LogP contribution in [0, 0.1) is 0 Å². The van der Waals surface area contributed by atoms with Gasteiger partial charge in [-0.3, -0.25) is 0 Å². The molecule has 1 aromatic rings. The number of methoxy groups -OCH3 is 1. The van der Waals surface area contributed by atoms with E-state index in [9.17, 15) is 5.11 Å². The van der Waals surface area contributed by atoms with Crippen LogP contribution in [0.2, 0.25) is 0 Å². The molecule has 2 nitrogen and oxygen atoms in total. The molecule has 0 amide bonds. The van der Waals surface area contributed by atoms with Gasteiger partial charge in [0.2, 0.25) is 0 Å². The molecular weight excluding hydrogens is 152 g/mol. The maximum Gasteiger partial charge on any atom is 0.160 e. The highest BCUT2D eigenvalue weighted by Gasteiger charge is 2.00. The number of allylic oxidation sites excluding steroid dienone is 1. The Morgan fingerprint density at radius 1 is 1.67 bits per heavy atom. The Hall–Kier alpha value is -1.44. The van der Waals surface area contributed by atoms with Gasteiger partial charge in [0, 0.05) is 1.43 Å². The summed E-state index contributed by atoms with van der Waals surface area (Å²) >= 11 is 0. The average Bonchev–Trinajstić information content (AvgIpc) is 2.09.